The smallest absolute Gasteiger partial charge is 0.146 e. The molecule has 0 unspecified atom stereocenters. The predicted octanol–water partition coefficient (Wildman–Crippen LogP) is 1.48. The van der Waals surface area contributed by atoms with Gasteiger partial charge in [0.1, 0.15) is 5.84 Å². The number of nitrogens with zero attached hydrogens (tertiary/aromatic N) is 1. The lowest BCUT2D eigenvalue weighted by atomic mass is 9.89. The van der Waals surface area contributed by atoms with Crippen LogP contribution in [-0.2, 0) is 0 Å². The molecule has 0 amide bonds. The molecule has 9 heavy (non-hydrogen) atoms. The molecule has 0 atom stereocenters. The van der Waals surface area contributed by atoms with Gasteiger partial charge in [-0.3, -0.25) is 5.43 Å². The van der Waals surface area contributed by atoms with Crippen LogP contribution in [0.15, 0.2) is 5.10 Å². The number of amidine groups is 1. The van der Waals surface area contributed by atoms with E-state index in [0.717, 1.165) is 5.92 Å². The molecular weight excluding hydrogens is 112 g/mol. The minimum absolute atomic E-state index is 0.804. The first-order valence-electron chi connectivity index (χ1n) is 3.80. The topological polar surface area (TPSA) is 34.3 Å². The lowest BCUT2D eigenvalue weighted by Crippen LogP contribution is -2.14. The van der Waals surface area contributed by atoms with Gasteiger partial charge in [0.25, 0.3) is 0 Å². The minimum atomic E-state index is 0.804. The van der Waals surface area contributed by atoms with E-state index in [0.29, 0.717) is 0 Å². The maximum atomic E-state index is 3.99. The number of hydrogen-bond acceptors (Lipinski definition) is 2. The fourth-order valence-corrected chi connectivity index (χ4v) is 1.59. The van der Waals surface area contributed by atoms with Crippen molar-refractivity contribution in [2.45, 2.75) is 32.1 Å². The molecule has 2 heteroatoms. The minimum Gasteiger partial charge on any atom is -0.261 e. The molecule has 1 fully saturated rings. The fourth-order valence-electron chi connectivity index (χ4n) is 1.59. The summed E-state index contributed by atoms with van der Waals surface area (Å²) in [6, 6.07) is 0. The summed E-state index contributed by atoms with van der Waals surface area (Å²) in [6.45, 7) is 0. The average molecular weight is 124 g/mol. The Morgan fingerprint density at radius 1 is 1.22 bits per heavy atom. The van der Waals surface area contributed by atoms with Crippen molar-refractivity contribution in [2.24, 2.45) is 11.0 Å². The molecular formula is C7H12N2. The number of nitrogens with one attached hydrogen (secondary N) is 1. The van der Waals surface area contributed by atoms with E-state index in [-0.39, 0.29) is 0 Å². The van der Waals surface area contributed by atoms with Crippen LogP contribution in [0.2, 0.25) is 0 Å². The highest BCUT2D eigenvalue weighted by molar-refractivity contribution is 5.92. The molecule has 2 nitrogen and oxygen atoms in total. The van der Waals surface area contributed by atoms with Crippen LogP contribution in [-0.4, -0.2) is 5.84 Å². The molecule has 0 aromatic heterocycles. The van der Waals surface area contributed by atoms with Crippen LogP contribution >= 0.6 is 0 Å². The van der Waals surface area contributed by atoms with Gasteiger partial charge in [-0.2, -0.15) is 5.10 Å². The van der Waals surface area contributed by atoms with Crippen molar-refractivity contribution in [3.63, 3.8) is 0 Å². The van der Waals surface area contributed by atoms with Crippen molar-refractivity contribution in [2.75, 3.05) is 0 Å². The summed E-state index contributed by atoms with van der Waals surface area (Å²) < 4.78 is 0. The maximum absolute atomic E-state index is 3.99. The number of hydrogen-bond donors (Lipinski definition) is 1. The van der Waals surface area contributed by atoms with Crippen LogP contribution in [0.25, 0.3) is 0 Å². The van der Waals surface area contributed by atoms with E-state index in [9.17, 15) is 0 Å². The summed E-state index contributed by atoms with van der Waals surface area (Å²) in [5.41, 5.74) is 2.95. The van der Waals surface area contributed by atoms with Crippen LogP contribution in [0.4, 0.5) is 0 Å². The van der Waals surface area contributed by atoms with Crippen LogP contribution in [0, 0.1) is 5.92 Å². The fraction of sp³-hybridized carbons (Fsp3) is 0.857. The summed E-state index contributed by atoms with van der Waals surface area (Å²) in [4.78, 5) is 0. The molecule has 0 radical (unpaired) electrons. The molecule has 1 aliphatic carbocycles. The van der Waals surface area contributed by atoms with E-state index in [1.165, 1.54) is 37.9 Å². The summed E-state index contributed by atoms with van der Waals surface area (Å²) in [5.74, 6) is 2.08. The molecule has 50 valence electrons. The van der Waals surface area contributed by atoms with E-state index in [4.69, 9.17) is 0 Å². The molecule has 1 heterocycles. The van der Waals surface area contributed by atoms with Crippen LogP contribution in [0.3, 0.4) is 0 Å². The van der Waals surface area contributed by atoms with E-state index in [2.05, 4.69) is 10.5 Å². The van der Waals surface area contributed by atoms with Gasteiger partial charge in [0.2, 0.25) is 0 Å². The normalized spacial score (nSPS) is 26.9. The van der Waals surface area contributed by atoms with Crippen LogP contribution < -0.4 is 5.43 Å². The van der Waals surface area contributed by atoms with Gasteiger partial charge in [-0.05, 0) is 12.8 Å². The highest BCUT2D eigenvalue weighted by atomic mass is 15.5. The summed E-state index contributed by atoms with van der Waals surface area (Å²) in [6.07, 6.45) is 6.98. The number of hydrazone groups is 1. The first-order valence-corrected chi connectivity index (χ1v) is 3.80. The SMILES string of the molecule is C1CCC(C2=NN2)CC1. The van der Waals surface area contributed by atoms with Gasteiger partial charge in [-0.15, -0.1) is 0 Å². The molecule has 2 rings (SSSR count). The first-order chi connectivity index (χ1) is 4.47. The Hall–Kier alpha value is -0.530. The summed E-state index contributed by atoms with van der Waals surface area (Å²) in [7, 11) is 0. The van der Waals surface area contributed by atoms with Crippen molar-refractivity contribution in [1.82, 2.24) is 5.43 Å². The van der Waals surface area contributed by atoms with Gasteiger partial charge in [-0.1, -0.05) is 19.3 Å². The molecule has 1 N–H and O–H groups in total. The Morgan fingerprint density at radius 3 is 2.44 bits per heavy atom. The van der Waals surface area contributed by atoms with Crippen molar-refractivity contribution >= 4 is 5.84 Å². The Labute approximate surface area is 55.3 Å². The van der Waals surface area contributed by atoms with Gasteiger partial charge < -0.3 is 0 Å². The molecule has 0 bridgehead atoms. The lowest BCUT2D eigenvalue weighted by molar-refractivity contribution is 0.441. The second-order valence-corrected chi connectivity index (χ2v) is 2.94. The van der Waals surface area contributed by atoms with Crippen LogP contribution in [0.5, 0.6) is 0 Å². The van der Waals surface area contributed by atoms with Gasteiger partial charge in [0.15, 0.2) is 0 Å². The van der Waals surface area contributed by atoms with E-state index < -0.39 is 0 Å². The predicted molar refractivity (Wildman–Crippen MR) is 37.1 cm³/mol. The zero-order valence-corrected chi connectivity index (χ0v) is 5.56. The van der Waals surface area contributed by atoms with Gasteiger partial charge >= 0.3 is 0 Å². The average Bonchev–Trinajstić information content (AvgIpc) is 2.71. The lowest BCUT2D eigenvalue weighted by Gasteiger charge is -2.16. The third kappa shape index (κ3) is 1.07. The molecule has 1 saturated carbocycles. The molecule has 0 aromatic rings. The first kappa shape index (κ1) is 5.27. The van der Waals surface area contributed by atoms with Crippen molar-refractivity contribution in [3.05, 3.63) is 0 Å². The van der Waals surface area contributed by atoms with E-state index in [1.54, 1.807) is 0 Å². The molecule has 2 aliphatic rings. The molecule has 0 saturated heterocycles. The second-order valence-electron chi connectivity index (χ2n) is 2.94. The van der Waals surface area contributed by atoms with Gasteiger partial charge in [0, 0.05) is 5.92 Å². The molecule has 0 spiro atoms. The second kappa shape index (κ2) is 2.01. The number of rotatable bonds is 1. The van der Waals surface area contributed by atoms with Crippen molar-refractivity contribution in [1.29, 1.82) is 0 Å². The Bertz CT molecular complexity index is 134. The third-order valence-electron chi connectivity index (χ3n) is 2.23. The Balaban J connectivity index is 1.87. The zero-order chi connectivity index (χ0) is 6.10. The van der Waals surface area contributed by atoms with Crippen LogP contribution in [0.1, 0.15) is 32.1 Å². The Kier molecular flexibility index (Phi) is 1.18. The zero-order valence-electron chi connectivity index (χ0n) is 5.56. The molecule has 1 aliphatic heterocycles. The van der Waals surface area contributed by atoms with Crippen molar-refractivity contribution < 1.29 is 0 Å². The largest absolute Gasteiger partial charge is 0.261 e. The highest BCUT2D eigenvalue weighted by Gasteiger charge is 2.24. The van der Waals surface area contributed by atoms with E-state index >= 15 is 0 Å². The Morgan fingerprint density at radius 2 is 1.89 bits per heavy atom. The summed E-state index contributed by atoms with van der Waals surface area (Å²) in [5, 5.41) is 3.99. The maximum Gasteiger partial charge on any atom is 0.146 e. The quantitative estimate of drug-likeness (QED) is 0.564. The highest BCUT2D eigenvalue weighted by Crippen LogP contribution is 2.26. The monoisotopic (exact) mass is 124 g/mol. The van der Waals surface area contributed by atoms with Gasteiger partial charge in [0.05, 0.1) is 0 Å². The molecule has 0 aromatic carbocycles. The van der Waals surface area contributed by atoms with Gasteiger partial charge in [-0.25, -0.2) is 0 Å². The van der Waals surface area contributed by atoms with Crippen molar-refractivity contribution in [3.8, 4) is 0 Å². The summed E-state index contributed by atoms with van der Waals surface area (Å²) >= 11 is 0. The standard InChI is InChI=1S/C7H12N2/c1-2-4-6(5-3-1)7-8-9-7/h6H,1-5H2,(H,8,9). The van der Waals surface area contributed by atoms with E-state index in [1.807, 2.05) is 0 Å². The third-order valence-corrected chi connectivity index (χ3v) is 2.23.